The second-order valence-electron chi connectivity index (χ2n) is 7.09. The number of allylic oxidation sites excluding steroid dienone is 1. The average Bonchev–Trinajstić information content (AvgIpc) is 2.10. The molecule has 4 rings (SSSR count). The Morgan fingerprint density at radius 1 is 1.25 bits per heavy atom. The first-order valence-electron chi connectivity index (χ1n) is 6.49. The van der Waals surface area contributed by atoms with Gasteiger partial charge in [0, 0.05) is 11.4 Å². The van der Waals surface area contributed by atoms with Gasteiger partial charge in [0.2, 0.25) is 0 Å². The Morgan fingerprint density at radius 2 is 1.88 bits per heavy atom. The molecule has 0 aromatic heterocycles. The van der Waals surface area contributed by atoms with E-state index in [1.165, 1.54) is 38.5 Å². The maximum Gasteiger partial charge on any atom is 0.0472 e. The molecule has 2 heteroatoms. The third kappa shape index (κ3) is 1.41. The second kappa shape index (κ2) is 3.05. The van der Waals surface area contributed by atoms with Crippen LogP contribution in [0.4, 0.5) is 0 Å². The highest BCUT2D eigenvalue weighted by molar-refractivity contribution is 6.26. The standard InChI is InChI=1S/C14H22ClN/c1-12(2)4-3-10(6-16)11(5-12)13-7-14(15,8-13)9-13/h3-9,16H2,1-2H3. The summed E-state index contributed by atoms with van der Waals surface area (Å²) >= 11 is 6.39. The first-order chi connectivity index (χ1) is 7.38. The number of rotatable bonds is 2. The summed E-state index contributed by atoms with van der Waals surface area (Å²) in [7, 11) is 0. The molecule has 16 heavy (non-hydrogen) atoms. The fourth-order valence-corrected chi connectivity index (χ4v) is 4.87. The zero-order valence-corrected chi connectivity index (χ0v) is 11.2. The molecule has 2 bridgehead atoms. The summed E-state index contributed by atoms with van der Waals surface area (Å²) in [6.07, 6.45) is 7.43. The Hall–Kier alpha value is -0.0100. The second-order valence-corrected chi connectivity index (χ2v) is 7.89. The van der Waals surface area contributed by atoms with Crippen LogP contribution in [-0.4, -0.2) is 11.4 Å². The first kappa shape index (κ1) is 11.1. The van der Waals surface area contributed by atoms with Crippen molar-refractivity contribution in [2.75, 3.05) is 6.54 Å². The van der Waals surface area contributed by atoms with Crippen molar-refractivity contribution in [1.29, 1.82) is 0 Å². The molecule has 0 aromatic carbocycles. The van der Waals surface area contributed by atoms with Crippen molar-refractivity contribution in [2.24, 2.45) is 16.6 Å². The summed E-state index contributed by atoms with van der Waals surface area (Å²) in [4.78, 5) is 0.189. The van der Waals surface area contributed by atoms with Crippen molar-refractivity contribution in [2.45, 2.75) is 57.2 Å². The quantitative estimate of drug-likeness (QED) is 0.578. The Kier molecular flexibility index (Phi) is 2.12. The summed E-state index contributed by atoms with van der Waals surface area (Å²) < 4.78 is 0. The van der Waals surface area contributed by atoms with Crippen molar-refractivity contribution in [1.82, 2.24) is 0 Å². The van der Waals surface area contributed by atoms with Crippen LogP contribution >= 0.6 is 11.6 Å². The highest BCUT2D eigenvalue weighted by atomic mass is 35.5. The minimum Gasteiger partial charge on any atom is -0.327 e. The molecule has 4 aliphatic carbocycles. The average molecular weight is 240 g/mol. The molecule has 4 aliphatic rings. The van der Waals surface area contributed by atoms with Crippen molar-refractivity contribution in [3.63, 3.8) is 0 Å². The minimum atomic E-state index is 0.189. The highest BCUT2D eigenvalue weighted by Crippen LogP contribution is 2.75. The van der Waals surface area contributed by atoms with Gasteiger partial charge in [-0.15, -0.1) is 11.6 Å². The maximum absolute atomic E-state index is 6.39. The van der Waals surface area contributed by atoms with Crippen LogP contribution in [0.15, 0.2) is 11.1 Å². The lowest BCUT2D eigenvalue weighted by Crippen LogP contribution is -2.65. The zero-order chi connectivity index (χ0) is 11.6. The summed E-state index contributed by atoms with van der Waals surface area (Å²) in [6.45, 7) is 5.55. The van der Waals surface area contributed by atoms with Crippen LogP contribution in [0.2, 0.25) is 0 Å². The van der Waals surface area contributed by atoms with E-state index in [-0.39, 0.29) is 4.87 Å². The van der Waals surface area contributed by atoms with E-state index in [9.17, 15) is 0 Å². The molecule has 0 aromatic rings. The summed E-state index contributed by atoms with van der Waals surface area (Å²) in [5.41, 5.74) is 10.1. The largest absolute Gasteiger partial charge is 0.327 e. The van der Waals surface area contributed by atoms with Crippen molar-refractivity contribution >= 4 is 11.6 Å². The van der Waals surface area contributed by atoms with Crippen LogP contribution in [0.5, 0.6) is 0 Å². The van der Waals surface area contributed by atoms with Gasteiger partial charge in [0.1, 0.15) is 0 Å². The number of halogens is 1. The minimum absolute atomic E-state index is 0.189. The van der Waals surface area contributed by atoms with E-state index in [1.54, 1.807) is 11.1 Å². The van der Waals surface area contributed by atoms with Gasteiger partial charge in [-0.3, -0.25) is 0 Å². The van der Waals surface area contributed by atoms with Crippen LogP contribution in [0, 0.1) is 10.8 Å². The van der Waals surface area contributed by atoms with E-state index in [1.807, 2.05) is 0 Å². The van der Waals surface area contributed by atoms with Crippen molar-refractivity contribution < 1.29 is 0 Å². The van der Waals surface area contributed by atoms with Crippen LogP contribution in [0.3, 0.4) is 0 Å². The van der Waals surface area contributed by atoms with Crippen LogP contribution in [-0.2, 0) is 0 Å². The van der Waals surface area contributed by atoms with Gasteiger partial charge in [0.05, 0.1) is 0 Å². The van der Waals surface area contributed by atoms with E-state index >= 15 is 0 Å². The molecule has 0 spiro atoms. The maximum atomic E-state index is 6.39. The van der Waals surface area contributed by atoms with Gasteiger partial charge >= 0.3 is 0 Å². The molecule has 0 saturated heterocycles. The van der Waals surface area contributed by atoms with Crippen LogP contribution in [0.1, 0.15) is 52.4 Å². The van der Waals surface area contributed by atoms with Crippen molar-refractivity contribution in [3.05, 3.63) is 11.1 Å². The molecule has 1 nitrogen and oxygen atoms in total. The number of hydrogen-bond acceptors (Lipinski definition) is 1. The van der Waals surface area contributed by atoms with Crippen LogP contribution in [0.25, 0.3) is 0 Å². The smallest absolute Gasteiger partial charge is 0.0472 e. The van der Waals surface area contributed by atoms with E-state index in [4.69, 9.17) is 17.3 Å². The Morgan fingerprint density at radius 3 is 2.38 bits per heavy atom. The van der Waals surface area contributed by atoms with Crippen LogP contribution < -0.4 is 5.73 Å². The van der Waals surface area contributed by atoms with Gasteiger partial charge in [0.15, 0.2) is 0 Å². The molecule has 0 heterocycles. The molecule has 2 N–H and O–H groups in total. The summed E-state index contributed by atoms with van der Waals surface area (Å²) in [6, 6.07) is 0. The molecule has 3 fully saturated rings. The normalized spacial score (nSPS) is 45.0. The molecule has 0 unspecified atom stereocenters. The van der Waals surface area contributed by atoms with Gasteiger partial charge in [-0.05, 0) is 49.4 Å². The molecule has 90 valence electrons. The molecule has 3 saturated carbocycles. The number of hydrogen-bond donors (Lipinski definition) is 1. The Bertz CT molecular complexity index is 347. The third-order valence-electron chi connectivity index (χ3n) is 5.04. The van der Waals surface area contributed by atoms with E-state index < -0.39 is 0 Å². The lowest BCUT2D eigenvalue weighted by Gasteiger charge is -2.70. The fraction of sp³-hybridized carbons (Fsp3) is 0.857. The summed E-state index contributed by atoms with van der Waals surface area (Å²) in [5, 5.41) is 0. The van der Waals surface area contributed by atoms with Gasteiger partial charge in [-0.2, -0.15) is 0 Å². The highest BCUT2D eigenvalue weighted by Gasteiger charge is 2.68. The molecule has 0 amide bonds. The lowest BCUT2D eigenvalue weighted by molar-refractivity contribution is -0.0531. The third-order valence-corrected chi connectivity index (χ3v) is 5.44. The fourth-order valence-electron chi connectivity index (χ4n) is 4.10. The molecule has 0 aliphatic heterocycles. The zero-order valence-electron chi connectivity index (χ0n) is 10.4. The number of nitrogens with two attached hydrogens (primary N) is 1. The number of alkyl halides is 1. The lowest BCUT2D eigenvalue weighted by atomic mass is 9.39. The van der Waals surface area contributed by atoms with Crippen molar-refractivity contribution in [3.8, 4) is 0 Å². The van der Waals surface area contributed by atoms with Gasteiger partial charge < -0.3 is 5.73 Å². The Balaban J connectivity index is 1.88. The predicted molar refractivity (Wildman–Crippen MR) is 68.6 cm³/mol. The topological polar surface area (TPSA) is 26.0 Å². The molecule has 0 atom stereocenters. The van der Waals surface area contributed by atoms with E-state index in [2.05, 4.69) is 13.8 Å². The first-order valence-corrected chi connectivity index (χ1v) is 6.86. The van der Waals surface area contributed by atoms with Gasteiger partial charge in [0.25, 0.3) is 0 Å². The molecular weight excluding hydrogens is 218 g/mol. The monoisotopic (exact) mass is 239 g/mol. The Labute approximate surface area is 103 Å². The van der Waals surface area contributed by atoms with E-state index in [0.717, 1.165) is 6.54 Å². The SMILES string of the molecule is CC1(C)CCC(CN)=C(C23CC(Cl)(C2)C3)C1. The van der Waals surface area contributed by atoms with Gasteiger partial charge in [-0.1, -0.05) is 25.0 Å². The molecular formula is C14H22ClN. The van der Waals surface area contributed by atoms with Gasteiger partial charge in [-0.25, -0.2) is 0 Å². The predicted octanol–water partition coefficient (Wildman–Crippen LogP) is 3.61. The summed E-state index contributed by atoms with van der Waals surface area (Å²) in [5.74, 6) is 0. The van der Waals surface area contributed by atoms with E-state index in [0.29, 0.717) is 10.8 Å². The molecule has 0 radical (unpaired) electrons.